The molecule has 1 unspecified atom stereocenters. The van der Waals surface area contributed by atoms with Crippen molar-refractivity contribution in [3.05, 3.63) is 66.0 Å². The molecule has 0 spiro atoms. The number of methoxy groups -OCH3 is 4. The molecule has 9 heteroatoms. The zero-order chi connectivity index (χ0) is 22.9. The number of ether oxygens (including phenoxy) is 4. The summed E-state index contributed by atoms with van der Waals surface area (Å²) in [6.07, 6.45) is 1.95. The SMILES string of the molecule is COc1ccc(C2c3cccn3CCN2S(=O)(=O)c2cc(OC)ccc2OC)c(OC)c1. The van der Waals surface area contributed by atoms with Gasteiger partial charge in [-0.3, -0.25) is 0 Å². The molecule has 0 saturated heterocycles. The molecule has 32 heavy (non-hydrogen) atoms. The van der Waals surface area contributed by atoms with Crippen LogP contribution in [0, 0.1) is 0 Å². The number of hydrogen-bond acceptors (Lipinski definition) is 6. The molecule has 0 fully saturated rings. The largest absolute Gasteiger partial charge is 0.497 e. The maximum absolute atomic E-state index is 14.0. The van der Waals surface area contributed by atoms with Crippen LogP contribution in [0.2, 0.25) is 0 Å². The van der Waals surface area contributed by atoms with Gasteiger partial charge in [0.15, 0.2) is 0 Å². The Kier molecular flexibility index (Phi) is 6.03. The summed E-state index contributed by atoms with van der Waals surface area (Å²) in [6, 6.07) is 13.4. The molecule has 2 heterocycles. The van der Waals surface area contributed by atoms with Gasteiger partial charge in [0, 0.05) is 42.7 Å². The first-order valence-electron chi connectivity index (χ1n) is 10.1. The zero-order valence-electron chi connectivity index (χ0n) is 18.4. The Morgan fingerprint density at radius 3 is 2.19 bits per heavy atom. The van der Waals surface area contributed by atoms with Crippen molar-refractivity contribution in [1.82, 2.24) is 8.87 Å². The molecule has 1 aliphatic heterocycles. The van der Waals surface area contributed by atoms with Crippen LogP contribution in [-0.4, -0.2) is 52.3 Å². The molecule has 1 aliphatic rings. The summed E-state index contributed by atoms with van der Waals surface area (Å²) in [5.41, 5.74) is 1.57. The van der Waals surface area contributed by atoms with Crippen molar-refractivity contribution in [2.24, 2.45) is 0 Å². The van der Waals surface area contributed by atoms with Gasteiger partial charge in [0.2, 0.25) is 10.0 Å². The normalized spacial score (nSPS) is 16.3. The van der Waals surface area contributed by atoms with E-state index < -0.39 is 16.1 Å². The van der Waals surface area contributed by atoms with E-state index in [1.54, 1.807) is 38.5 Å². The molecule has 0 saturated carbocycles. The lowest BCUT2D eigenvalue weighted by atomic mass is 10.0. The van der Waals surface area contributed by atoms with Crippen molar-refractivity contribution in [2.45, 2.75) is 17.5 Å². The summed E-state index contributed by atoms with van der Waals surface area (Å²) < 4.78 is 53.1. The third-order valence-corrected chi connectivity index (χ3v) is 7.57. The number of rotatable bonds is 7. The average molecular weight is 459 g/mol. The summed E-state index contributed by atoms with van der Waals surface area (Å²) in [7, 11) is 2.11. The molecule has 0 aliphatic carbocycles. The van der Waals surface area contributed by atoms with E-state index in [2.05, 4.69) is 4.57 Å². The Morgan fingerprint density at radius 1 is 0.812 bits per heavy atom. The summed E-state index contributed by atoms with van der Waals surface area (Å²) in [6.45, 7) is 0.813. The monoisotopic (exact) mass is 458 g/mol. The van der Waals surface area contributed by atoms with Crippen molar-refractivity contribution in [1.29, 1.82) is 0 Å². The van der Waals surface area contributed by atoms with Gasteiger partial charge in [0.25, 0.3) is 0 Å². The van der Waals surface area contributed by atoms with Gasteiger partial charge in [-0.25, -0.2) is 8.42 Å². The highest BCUT2D eigenvalue weighted by Crippen LogP contribution is 2.43. The van der Waals surface area contributed by atoms with Crippen molar-refractivity contribution in [3.63, 3.8) is 0 Å². The van der Waals surface area contributed by atoms with Crippen LogP contribution in [0.1, 0.15) is 17.3 Å². The minimum atomic E-state index is -3.97. The number of nitrogens with zero attached hydrogens (tertiary/aromatic N) is 2. The first kappa shape index (κ1) is 22.0. The fourth-order valence-electron chi connectivity index (χ4n) is 4.09. The first-order valence-corrected chi connectivity index (χ1v) is 11.5. The topological polar surface area (TPSA) is 79.2 Å². The molecule has 1 atom stereocenters. The Labute approximate surface area is 187 Å². The van der Waals surface area contributed by atoms with Crippen LogP contribution < -0.4 is 18.9 Å². The molecule has 1 aromatic heterocycles. The van der Waals surface area contributed by atoms with Gasteiger partial charge in [-0.2, -0.15) is 4.31 Å². The number of hydrogen-bond donors (Lipinski definition) is 0. The van der Waals surface area contributed by atoms with Crippen LogP contribution in [0.4, 0.5) is 0 Å². The van der Waals surface area contributed by atoms with Gasteiger partial charge in [-0.05, 0) is 36.4 Å². The standard InChI is InChI=1S/C23H26N2O6S/c1-28-16-7-9-18(21(14-16)31-4)23-19-6-5-11-24(19)12-13-25(23)32(26,27)22-15-17(29-2)8-10-20(22)30-3/h5-11,14-15,23H,12-13H2,1-4H3. The fraction of sp³-hybridized carbons (Fsp3) is 0.304. The van der Waals surface area contributed by atoms with E-state index in [4.69, 9.17) is 18.9 Å². The zero-order valence-corrected chi connectivity index (χ0v) is 19.3. The lowest BCUT2D eigenvalue weighted by Gasteiger charge is -2.37. The van der Waals surface area contributed by atoms with Crippen molar-refractivity contribution in [3.8, 4) is 23.0 Å². The van der Waals surface area contributed by atoms with E-state index >= 15 is 0 Å². The quantitative estimate of drug-likeness (QED) is 0.541. The van der Waals surface area contributed by atoms with Gasteiger partial charge in [-0.1, -0.05) is 0 Å². The Balaban J connectivity index is 1.91. The molecule has 0 radical (unpaired) electrons. The van der Waals surface area contributed by atoms with Gasteiger partial charge < -0.3 is 23.5 Å². The third-order valence-electron chi connectivity index (χ3n) is 5.69. The van der Waals surface area contributed by atoms with E-state index in [0.29, 0.717) is 23.8 Å². The second-order valence-electron chi connectivity index (χ2n) is 7.27. The maximum Gasteiger partial charge on any atom is 0.247 e. The summed E-state index contributed by atoms with van der Waals surface area (Å²) in [5, 5.41) is 0. The highest BCUT2D eigenvalue weighted by molar-refractivity contribution is 7.89. The minimum absolute atomic E-state index is 0.0526. The fourth-order valence-corrected chi connectivity index (χ4v) is 5.84. The molecule has 0 bridgehead atoms. The lowest BCUT2D eigenvalue weighted by molar-refractivity contribution is 0.288. The van der Waals surface area contributed by atoms with E-state index in [9.17, 15) is 8.42 Å². The van der Waals surface area contributed by atoms with Crippen LogP contribution in [-0.2, 0) is 16.6 Å². The summed E-state index contributed by atoms with van der Waals surface area (Å²) in [5.74, 6) is 1.86. The molecular formula is C23H26N2O6S. The van der Waals surface area contributed by atoms with Gasteiger partial charge in [-0.15, -0.1) is 0 Å². The van der Waals surface area contributed by atoms with Crippen LogP contribution in [0.3, 0.4) is 0 Å². The molecule has 8 nitrogen and oxygen atoms in total. The van der Waals surface area contributed by atoms with Crippen LogP contribution in [0.25, 0.3) is 0 Å². The highest BCUT2D eigenvalue weighted by Gasteiger charge is 2.40. The van der Waals surface area contributed by atoms with E-state index in [0.717, 1.165) is 11.3 Å². The van der Waals surface area contributed by atoms with Crippen LogP contribution in [0.15, 0.2) is 59.6 Å². The maximum atomic E-state index is 14.0. The van der Waals surface area contributed by atoms with Crippen LogP contribution >= 0.6 is 0 Å². The van der Waals surface area contributed by atoms with Gasteiger partial charge in [0.1, 0.15) is 27.9 Å². The molecule has 3 aromatic rings. The molecular weight excluding hydrogens is 432 g/mol. The number of fused-ring (bicyclic) bond motifs is 1. The smallest absolute Gasteiger partial charge is 0.247 e. The molecule has 170 valence electrons. The lowest BCUT2D eigenvalue weighted by Crippen LogP contribution is -2.42. The number of aromatic nitrogens is 1. The van der Waals surface area contributed by atoms with Crippen LogP contribution in [0.5, 0.6) is 23.0 Å². The summed E-state index contributed by atoms with van der Waals surface area (Å²) in [4.78, 5) is 0.0526. The van der Waals surface area contributed by atoms with E-state index in [-0.39, 0.29) is 17.2 Å². The molecule has 0 amide bonds. The predicted molar refractivity (Wildman–Crippen MR) is 119 cm³/mol. The Hall–Kier alpha value is -3.17. The first-order chi connectivity index (χ1) is 15.4. The third kappa shape index (κ3) is 3.67. The summed E-state index contributed by atoms with van der Waals surface area (Å²) >= 11 is 0. The molecule has 2 aromatic carbocycles. The Morgan fingerprint density at radius 2 is 1.50 bits per heavy atom. The van der Waals surface area contributed by atoms with E-state index in [1.165, 1.54) is 24.6 Å². The predicted octanol–water partition coefficient (Wildman–Crippen LogP) is 3.32. The van der Waals surface area contributed by atoms with Gasteiger partial charge in [0.05, 0.1) is 34.5 Å². The second-order valence-corrected chi connectivity index (χ2v) is 9.13. The Bertz CT molecular complexity index is 1220. The molecule has 0 N–H and O–H groups in total. The van der Waals surface area contributed by atoms with E-state index in [1.807, 2.05) is 24.4 Å². The average Bonchev–Trinajstić information content (AvgIpc) is 3.31. The molecule has 4 rings (SSSR count). The van der Waals surface area contributed by atoms with Crippen molar-refractivity contribution < 1.29 is 27.4 Å². The number of benzene rings is 2. The van der Waals surface area contributed by atoms with Gasteiger partial charge >= 0.3 is 0 Å². The number of sulfonamides is 1. The highest BCUT2D eigenvalue weighted by atomic mass is 32.2. The van der Waals surface area contributed by atoms with Crippen molar-refractivity contribution >= 4 is 10.0 Å². The second kappa shape index (κ2) is 8.76. The minimum Gasteiger partial charge on any atom is -0.497 e. The van der Waals surface area contributed by atoms with Crippen molar-refractivity contribution in [2.75, 3.05) is 35.0 Å².